The zero-order chi connectivity index (χ0) is 15.2. The van der Waals surface area contributed by atoms with E-state index in [1.165, 1.54) is 4.88 Å². The Labute approximate surface area is 133 Å². The van der Waals surface area contributed by atoms with Crippen LogP contribution < -0.4 is 10.6 Å². The standard InChI is InChI=1S/C14H20ClN3O2S/c1-10(15)13(19)16-6-7-17-14(20)18-8-2-4-11(18)12-5-3-9-21-12/h3,5,9-11H,2,4,6-8H2,1H3,(H,16,19)(H,17,20)/t10-,11+/m1/s1. The van der Waals surface area contributed by atoms with Gasteiger partial charge >= 0.3 is 6.03 Å². The number of urea groups is 1. The summed E-state index contributed by atoms with van der Waals surface area (Å²) in [5, 5.41) is 6.99. The van der Waals surface area contributed by atoms with E-state index in [0.29, 0.717) is 13.1 Å². The molecule has 2 N–H and O–H groups in total. The van der Waals surface area contributed by atoms with Gasteiger partial charge in [-0.2, -0.15) is 0 Å². The molecule has 1 aliphatic rings. The number of nitrogens with zero attached hydrogens (tertiary/aromatic N) is 1. The summed E-state index contributed by atoms with van der Waals surface area (Å²) in [6.07, 6.45) is 2.03. The van der Waals surface area contributed by atoms with Crippen LogP contribution in [0.15, 0.2) is 17.5 Å². The zero-order valence-electron chi connectivity index (χ0n) is 12.0. The van der Waals surface area contributed by atoms with Crippen LogP contribution in [0, 0.1) is 0 Å². The molecule has 2 rings (SSSR count). The first-order valence-corrected chi connectivity index (χ1v) is 8.41. The molecule has 0 radical (unpaired) electrons. The lowest BCUT2D eigenvalue weighted by molar-refractivity contribution is -0.120. The van der Waals surface area contributed by atoms with Crippen LogP contribution in [0.1, 0.15) is 30.7 Å². The third-order valence-corrected chi connectivity index (χ3v) is 4.62. The first kappa shape index (κ1) is 16.1. The lowest BCUT2D eigenvalue weighted by Gasteiger charge is -2.24. The van der Waals surface area contributed by atoms with Gasteiger partial charge in [0, 0.05) is 24.5 Å². The van der Waals surface area contributed by atoms with Crippen molar-refractivity contribution in [2.45, 2.75) is 31.2 Å². The van der Waals surface area contributed by atoms with Crippen molar-refractivity contribution >= 4 is 34.9 Å². The highest BCUT2D eigenvalue weighted by atomic mass is 35.5. The molecule has 0 spiro atoms. The van der Waals surface area contributed by atoms with Crippen LogP contribution in [0.5, 0.6) is 0 Å². The molecule has 0 aliphatic carbocycles. The number of carbonyl (C=O) groups is 2. The Morgan fingerprint density at radius 1 is 1.48 bits per heavy atom. The maximum absolute atomic E-state index is 12.2. The van der Waals surface area contributed by atoms with Crippen LogP contribution in [-0.4, -0.2) is 41.8 Å². The van der Waals surface area contributed by atoms with Crippen molar-refractivity contribution < 1.29 is 9.59 Å². The third-order valence-electron chi connectivity index (χ3n) is 3.45. The number of carbonyl (C=O) groups excluding carboxylic acids is 2. The molecule has 1 aromatic heterocycles. The van der Waals surface area contributed by atoms with Gasteiger partial charge in [0.15, 0.2) is 0 Å². The summed E-state index contributed by atoms with van der Waals surface area (Å²) in [4.78, 5) is 26.6. The SMILES string of the molecule is C[C@@H](Cl)C(=O)NCCNC(=O)N1CCC[C@H]1c1cccs1. The Kier molecular flexibility index (Phi) is 5.87. The smallest absolute Gasteiger partial charge is 0.318 e. The topological polar surface area (TPSA) is 61.4 Å². The van der Waals surface area contributed by atoms with E-state index in [1.54, 1.807) is 18.3 Å². The predicted octanol–water partition coefficient (Wildman–Crippen LogP) is 2.34. The second-order valence-electron chi connectivity index (χ2n) is 5.01. The maximum Gasteiger partial charge on any atom is 0.318 e. The molecule has 0 unspecified atom stereocenters. The Morgan fingerprint density at radius 3 is 2.90 bits per heavy atom. The van der Waals surface area contributed by atoms with E-state index < -0.39 is 5.38 Å². The first-order valence-electron chi connectivity index (χ1n) is 7.09. The van der Waals surface area contributed by atoms with Crippen LogP contribution in [0.2, 0.25) is 0 Å². The van der Waals surface area contributed by atoms with Gasteiger partial charge in [0.2, 0.25) is 5.91 Å². The average Bonchev–Trinajstić information content (AvgIpc) is 3.11. The second kappa shape index (κ2) is 7.66. The summed E-state index contributed by atoms with van der Waals surface area (Å²) in [5.74, 6) is -0.219. The van der Waals surface area contributed by atoms with Crippen molar-refractivity contribution in [2.24, 2.45) is 0 Å². The number of rotatable bonds is 5. The van der Waals surface area contributed by atoms with Gasteiger partial charge in [0.05, 0.1) is 6.04 Å². The molecule has 0 bridgehead atoms. The number of halogens is 1. The van der Waals surface area contributed by atoms with E-state index in [9.17, 15) is 9.59 Å². The molecular weight excluding hydrogens is 310 g/mol. The Hall–Kier alpha value is -1.27. The molecule has 1 aliphatic heterocycles. The molecule has 2 heterocycles. The van der Waals surface area contributed by atoms with Crippen molar-refractivity contribution in [3.05, 3.63) is 22.4 Å². The van der Waals surface area contributed by atoms with Crippen molar-refractivity contribution in [2.75, 3.05) is 19.6 Å². The Balaban J connectivity index is 1.76. The molecule has 1 fully saturated rings. The number of hydrogen-bond donors (Lipinski definition) is 2. The fourth-order valence-corrected chi connectivity index (χ4v) is 3.33. The van der Waals surface area contributed by atoms with Crippen LogP contribution in [0.3, 0.4) is 0 Å². The predicted molar refractivity (Wildman–Crippen MR) is 84.7 cm³/mol. The number of nitrogens with one attached hydrogen (secondary N) is 2. The molecule has 116 valence electrons. The van der Waals surface area contributed by atoms with E-state index in [0.717, 1.165) is 19.4 Å². The van der Waals surface area contributed by atoms with E-state index in [4.69, 9.17) is 11.6 Å². The molecule has 21 heavy (non-hydrogen) atoms. The number of thiophene rings is 1. The lowest BCUT2D eigenvalue weighted by Crippen LogP contribution is -2.43. The average molecular weight is 330 g/mol. The van der Waals surface area contributed by atoms with E-state index in [-0.39, 0.29) is 18.0 Å². The third kappa shape index (κ3) is 4.35. The summed E-state index contributed by atoms with van der Waals surface area (Å²) < 4.78 is 0. The molecule has 7 heteroatoms. The summed E-state index contributed by atoms with van der Waals surface area (Å²) in [6, 6.07) is 4.20. The number of amides is 3. The van der Waals surface area contributed by atoms with Crippen molar-refractivity contribution in [3.8, 4) is 0 Å². The fourth-order valence-electron chi connectivity index (χ4n) is 2.38. The summed E-state index contributed by atoms with van der Waals surface area (Å²) in [6.45, 7) is 3.19. The highest BCUT2D eigenvalue weighted by Gasteiger charge is 2.30. The largest absolute Gasteiger partial charge is 0.353 e. The summed E-state index contributed by atoms with van der Waals surface area (Å²) in [7, 11) is 0. The van der Waals surface area contributed by atoms with E-state index in [2.05, 4.69) is 16.7 Å². The molecule has 1 aromatic rings. The van der Waals surface area contributed by atoms with Gasteiger partial charge in [0.25, 0.3) is 0 Å². The van der Waals surface area contributed by atoms with E-state index >= 15 is 0 Å². The maximum atomic E-state index is 12.2. The van der Waals surface area contributed by atoms with Gasteiger partial charge in [-0.05, 0) is 31.2 Å². The molecule has 2 atom stereocenters. The van der Waals surface area contributed by atoms with Gasteiger partial charge in [-0.3, -0.25) is 4.79 Å². The van der Waals surface area contributed by atoms with E-state index in [1.807, 2.05) is 16.3 Å². The Morgan fingerprint density at radius 2 is 2.24 bits per heavy atom. The van der Waals surface area contributed by atoms with Crippen molar-refractivity contribution in [1.29, 1.82) is 0 Å². The normalized spacial score (nSPS) is 19.3. The minimum absolute atomic E-state index is 0.0703. The van der Waals surface area contributed by atoms with Crippen LogP contribution in [0.25, 0.3) is 0 Å². The fraction of sp³-hybridized carbons (Fsp3) is 0.571. The summed E-state index contributed by atoms with van der Waals surface area (Å²) in [5.41, 5.74) is 0. The number of likely N-dealkylation sites (tertiary alicyclic amines) is 1. The highest BCUT2D eigenvalue weighted by molar-refractivity contribution is 7.10. The van der Waals surface area contributed by atoms with Gasteiger partial charge in [-0.25, -0.2) is 4.79 Å². The minimum Gasteiger partial charge on any atom is -0.353 e. The van der Waals surface area contributed by atoms with Gasteiger partial charge in [0.1, 0.15) is 5.38 Å². The number of hydrogen-bond acceptors (Lipinski definition) is 3. The molecular formula is C14H20ClN3O2S. The molecule has 3 amide bonds. The second-order valence-corrected chi connectivity index (χ2v) is 6.64. The van der Waals surface area contributed by atoms with Gasteiger partial charge < -0.3 is 15.5 Å². The highest BCUT2D eigenvalue weighted by Crippen LogP contribution is 2.34. The molecule has 0 aromatic carbocycles. The molecule has 0 saturated carbocycles. The number of alkyl halides is 1. The monoisotopic (exact) mass is 329 g/mol. The Bertz CT molecular complexity index is 479. The van der Waals surface area contributed by atoms with Gasteiger partial charge in [-0.1, -0.05) is 6.07 Å². The summed E-state index contributed by atoms with van der Waals surface area (Å²) >= 11 is 7.33. The zero-order valence-corrected chi connectivity index (χ0v) is 13.5. The first-order chi connectivity index (χ1) is 10.1. The van der Waals surface area contributed by atoms with Crippen LogP contribution in [0.4, 0.5) is 4.79 Å². The van der Waals surface area contributed by atoms with Crippen molar-refractivity contribution in [1.82, 2.24) is 15.5 Å². The quantitative estimate of drug-likeness (QED) is 0.643. The van der Waals surface area contributed by atoms with Gasteiger partial charge in [-0.15, -0.1) is 22.9 Å². The minimum atomic E-state index is -0.553. The molecule has 5 nitrogen and oxygen atoms in total. The van der Waals surface area contributed by atoms with Crippen molar-refractivity contribution in [3.63, 3.8) is 0 Å². The molecule has 1 saturated heterocycles. The van der Waals surface area contributed by atoms with Crippen LogP contribution >= 0.6 is 22.9 Å². The van der Waals surface area contributed by atoms with Crippen LogP contribution in [-0.2, 0) is 4.79 Å². The lowest BCUT2D eigenvalue weighted by atomic mass is 10.2.